The van der Waals surface area contributed by atoms with E-state index in [1.165, 1.54) is 38.5 Å². The number of hydrogen-bond acceptors (Lipinski definition) is 3. The van der Waals surface area contributed by atoms with E-state index in [-0.39, 0.29) is 0 Å². The van der Waals surface area contributed by atoms with Gasteiger partial charge in [0.25, 0.3) is 0 Å². The van der Waals surface area contributed by atoms with Crippen LogP contribution in [0, 0.1) is 0 Å². The van der Waals surface area contributed by atoms with Crippen molar-refractivity contribution >= 4 is 6.16 Å². The van der Waals surface area contributed by atoms with Crippen LogP contribution in [0.2, 0.25) is 0 Å². The van der Waals surface area contributed by atoms with Crippen molar-refractivity contribution in [2.45, 2.75) is 64.2 Å². The molecule has 0 radical (unpaired) electrons. The van der Waals surface area contributed by atoms with Crippen molar-refractivity contribution in [1.82, 2.24) is 0 Å². The minimum atomic E-state index is -0.491. The van der Waals surface area contributed by atoms with Crippen LogP contribution in [0.4, 0.5) is 4.79 Å². The molecule has 0 N–H and O–H groups in total. The molecule has 0 aromatic heterocycles. The zero-order valence-electron chi connectivity index (χ0n) is 10.2. The Kier molecular flexibility index (Phi) is 7.91. The lowest BCUT2D eigenvalue weighted by Gasteiger charge is -2.05. The molecular formula is C13H24O3. The molecule has 0 aromatic carbocycles. The van der Waals surface area contributed by atoms with Gasteiger partial charge in [-0.25, -0.2) is 4.79 Å². The molecule has 3 heteroatoms. The lowest BCUT2D eigenvalue weighted by atomic mass is 10.1. The van der Waals surface area contributed by atoms with Crippen molar-refractivity contribution in [3.8, 4) is 0 Å². The highest BCUT2D eigenvalue weighted by Gasteiger charge is 2.03. The van der Waals surface area contributed by atoms with E-state index >= 15 is 0 Å². The fraction of sp³-hybridized carbons (Fsp3) is 0.923. The predicted molar refractivity (Wildman–Crippen MR) is 63.5 cm³/mol. The van der Waals surface area contributed by atoms with Gasteiger partial charge in [-0.05, 0) is 12.8 Å². The highest BCUT2D eigenvalue weighted by Crippen LogP contribution is 2.11. The number of hydrogen-bond donors (Lipinski definition) is 0. The highest BCUT2D eigenvalue weighted by atomic mass is 16.7. The zero-order valence-corrected chi connectivity index (χ0v) is 10.2. The molecule has 1 rings (SSSR count). The van der Waals surface area contributed by atoms with E-state index in [2.05, 4.69) is 0 Å². The molecule has 94 valence electrons. The molecular weight excluding hydrogens is 204 g/mol. The lowest BCUT2D eigenvalue weighted by molar-refractivity contribution is 0.0530. The molecule has 1 aliphatic heterocycles. The quantitative estimate of drug-likeness (QED) is 0.587. The molecule has 0 saturated carbocycles. The van der Waals surface area contributed by atoms with Crippen LogP contribution in [0.1, 0.15) is 64.2 Å². The fourth-order valence-corrected chi connectivity index (χ4v) is 1.97. The number of ether oxygens (including phenoxy) is 2. The Morgan fingerprint density at radius 1 is 0.562 bits per heavy atom. The average molecular weight is 228 g/mol. The van der Waals surface area contributed by atoms with Gasteiger partial charge in [0.2, 0.25) is 0 Å². The van der Waals surface area contributed by atoms with Crippen LogP contribution in [-0.4, -0.2) is 19.4 Å². The summed E-state index contributed by atoms with van der Waals surface area (Å²) in [6.07, 6.45) is 11.7. The first-order chi connectivity index (χ1) is 7.89. The maximum atomic E-state index is 11.1. The zero-order chi connectivity index (χ0) is 11.5. The molecule has 0 atom stereocenters. The molecule has 3 nitrogen and oxygen atoms in total. The molecule has 0 aromatic rings. The summed E-state index contributed by atoms with van der Waals surface area (Å²) in [5.74, 6) is 0. The molecule has 0 amide bonds. The fourth-order valence-electron chi connectivity index (χ4n) is 1.97. The van der Waals surface area contributed by atoms with Crippen molar-refractivity contribution in [3.63, 3.8) is 0 Å². The highest BCUT2D eigenvalue weighted by molar-refractivity contribution is 5.59. The number of carbonyl (C=O) groups excluding carboxylic acids is 1. The summed E-state index contributed by atoms with van der Waals surface area (Å²) in [5.41, 5.74) is 0. The summed E-state index contributed by atoms with van der Waals surface area (Å²) in [6.45, 7) is 1.03. The molecule has 1 aliphatic rings. The monoisotopic (exact) mass is 228 g/mol. The van der Waals surface area contributed by atoms with Crippen LogP contribution >= 0.6 is 0 Å². The second-order valence-electron chi connectivity index (χ2n) is 4.48. The molecule has 16 heavy (non-hydrogen) atoms. The molecule has 1 heterocycles. The topological polar surface area (TPSA) is 35.5 Å². The smallest absolute Gasteiger partial charge is 0.434 e. The van der Waals surface area contributed by atoms with Gasteiger partial charge in [0.1, 0.15) is 0 Å². The van der Waals surface area contributed by atoms with Gasteiger partial charge in [-0.1, -0.05) is 51.4 Å². The summed E-state index contributed by atoms with van der Waals surface area (Å²) in [7, 11) is 0. The maximum Gasteiger partial charge on any atom is 0.508 e. The van der Waals surface area contributed by atoms with E-state index in [0.717, 1.165) is 25.7 Å². The van der Waals surface area contributed by atoms with Crippen molar-refractivity contribution < 1.29 is 14.3 Å². The Morgan fingerprint density at radius 3 is 1.25 bits per heavy atom. The standard InChI is InChI=1S/C13H24O3/c14-13-15-11-9-7-5-3-1-2-4-6-8-10-12-16-13/h1-12H2. The SMILES string of the molecule is O=C1OCCCCCCCCCCCCO1. The first-order valence-corrected chi connectivity index (χ1v) is 6.69. The first kappa shape index (κ1) is 13.3. The molecule has 0 bridgehead atoms. The van der Waals surface area contributed by atoms with Crippen molar-refractivity contribution in [2.24, 2.45) is 0 Å². The molecule has 0 aliphatic carbocycles. The van der Waals surface area contributed by atoms with Crippen molar-refractivity contribution in [3.05, 3.63) is 0 Å². The van der Waals surface area contributed by atoms with Crippen LogP contribution < -0.4 is 0 Å². The summed E-state index contributed by atoms with van der Waals surface area (Å²) in [5, 5.41) is 0. The summed E-state index contributed by atoms with van der Waals surface area (Å²) in [4.78, 5) is 11.1. The van der Waals surface area contributed by atoms with Crippen LogP contribution in [0.25, 0.3) is 0 Å². The third kappa shape index (κ3) is 7.55. The van der Waals surface area contributed by atoms with Gasteiger partial charge in [-0.2, -0.15) is 0 Å². The minimum Gasteiger partial charge on any atom is -0.434 e. The van der Waals surface area contributed by atoms with Gasteiger partial charge in [0.05, 0.1) is 13.2 Å². The second kappa shape index (κ2) is 9.49. The molecule has 1 fully saturated rings. The Hall–Kier alpha value is -0.730. The number of cyclic esters (lactones) is 2. The Balaban J connectivity index is 2.13. The molecule has 0 spiro atoms. The predicted octanol–water partition coefficient (Wildman–Crippen LogP) is 4.05. The Bertz CT molecular complexity index is 162. The van der Waals surface area contributed by atoms with Gasteiger partial charge >= 0.3 is 6.16 Å². The van der Waals surface area contributed by atoms with E-state index in [4.69, 9.17) is 9.47 Å². The molecule has 1 saturated heterocycles. The van der Waals surface area contributed by atoms with Gasteiger partial charge in [0.15, 0.2) is 0 Å². The summed E-state index contributed by atoms with van der Waals surface area (Å²) in [6, 6.07) is 0. The van der Waals surface area contributed by atoms with Crippen LogP contribution in [0.15, 0.2) is 0 Å². The van der Waals surface area contributed by atoms with Crippen LogP contribution in [0.5, 0.6) is 0 Å². The van der Waals surface area contributed by atoms with Gasteiger partial charge < -0.3 is 9.47 Å². The van der Waals surface area contributed by atoms with Crippen LogP contribution in [0.3, 0.4) is 0 Å². The Labute approximate surface area is 98.5 Å². The van der Waals surface area contributed by atoms with Crippen LogP contribution in [-0.2, 0) is 9.47 Å². The van der Waals surface area contributed by atoms with Gasteiger partial charge in [0, 0.05) is 0 Å². The average Bonchev–Trinajstić information content (AvgIpc) is 2.29. The van der Waals surface area contributed by atoms with E-state index in [1.807, 2.05) is 0 Å². The largest absolute Gasteiger partial charge is 0.508 e. The Morgan fingerprint density at radius 2 is 0.875 bits per heavy atom. The third-order valence-electron chi connectivity index (χ3n) is 2.98. The van der Waals surface area contributed by atoms with Gasteiger partial charge in [-0.3, -0.25) is 0 Å². The van der Waals surface area contributed by atoms with Crippen molar-refractivity contribution in [1.29, 1.82) is 0 Å². The number of carbonyl (C=O) groups is 1. The maximum absolute atomic E-state index is 11.1. The third-order valence-corrected chi connectivity index (χ3v) is 2.98. The summed E-state index contributed by atoms with van der Waals surface area (Å²) >= 11 is 0. The van der Waals surface area contributed by atoms with E-state index in [0.29, 0.717) is 13.2 Å². The lowest BCUT2D eigenvalue weighted by Crippen LogP contribution is -2.09. The van der Waals surface area contributed by atoms with E-state index in [9.17, 15) is 4.79 Å². The normalized spacial score (nSPS) is 22.4. The second-order valence-corrected chi connectivity index (χ2v) is 4.48. The van der Waals surface area contributed by atoms with Gasteiger partial charge in [-0.15, -0.1) is 0 Å². The summed E-state index contributed by atoms with van der Waals surface area (Å²) < 4.78 is 9.91. The number of rotatable bonds is 0. The van der Waals surface area contributed by atoms with Crippen molar-refractivity contribution in [2.75, 3.05) is 13.2 Å². The van der Waals surface area contributed by atoms with E-state index < -0.39 is 6.16 Å². The van der Waals surface area contributed by atoms with E-state index in [1.54, 1.807) is 0 Å². The molecule has 0 unspecified atom stereocenters. The first-order valence-electron chi connectivity index (χ1n) is 6.69. The minimum absolute atomic E-state index is 0.491.